The van der Waals surface area contributed by atoms with Crippen molar-refractivity contribution in [1.29, 1.82) is 10.5 Å². The van der Waals surface area contributed by atoms with Crippen LogP contribution in [0.2, 0.25) is 0 Å². The van der Waals surface area contributed by atoms with Crippen molar-refractivity contribution in [1.82, 2.24) is 0 Å². The van der Waals surface area contributed by atoms with Crippen molar-refractivity contribution in [2.75, 3.05) is 5.32 Å². The van der Waals surface area contributed by atoms with E-state index in [2.05, 4.69) is 5.32 Å². The molecular weight excluding hydrogens is 342 g/mol. The number of nitriles is 2. The summed E-state index contributed by atoms with van der Waals surface area (Å²) >= 11 is 1.53. The molecule has 0 amide bonds. The first kappa shape index (κ1) is 17.2. The molecule has 0 radical (unpaired) electrons. The first-order valence-corrected chi connectivity index (χ1v) is 8.58. The normalized spacial score (nSPS) is 9.62. The third kappa shape index (κ3) is 4.05. The number of thiophene rings is 1. The molecule has 26 heavy (non-hydrogen) atoms. The monoisotopic (exact) mass is 355 g/mol. The summed E-state index contributed by atoms with van der Waals surface area (Å²) in [5.41, 5.74) is 3.66. The van der Waals surface area contributed by atoms with Crippen molar-refractivity contribution in [3.05, 3.63) is 76.7 Å². The Morgan fingerprint density at radius 3 is 2.08 bits per heavy atom. The maximum absolute atomic E-state index is 10.7. The van der Waals surface area contributed by atoms with Gasteiger partial charge in [-0.3, -0.25) is 4.79 Å². The molecule has 1 aromatic heterocycles. The fraction of sp³-hybridized carbons (Fsp3) is 0. The summed E-state index contributed by atoms with van der Waals surface area (Å²) in [5.74, 6) is 0. The lowest BCUT2D eigenvalue weighted by Gasteiger charge is -2.07. The Labute approximate surface area is 155 Å². The Kier molecular flexibility index (Phi) is 5.24. The van der Waals surface area contributed by atoms with Crippen molar-refractivity contribution in [2.45, 2.75) is 0 Å². The molecule has 4 nitrogen and oxygen atoms in total. The van der Waals surface area contributed by atoms with E-state index in [4.69, 9.17) is 10.5 Å². The summed E-state index contributed by atoms with van der Waals surface area (Å²) in [6.07, 6.45) is 2.41. The highest BCUT2D eigenvalue weighted by Gasteiger charge is 2.04. The zero-order valence-electron chi connectivity index (χ0n) is 13.6. The molecule has 3 rings (SSSR count). The largest absolute Gasteiger partial charge is 0.356 e. The van der Waals surface area contributed by atoms with E-state index in [9.17, 15) is 4.79 Å². The summed E-state index contributed by atoms with van der Waals surface area (Å²) in [6.45, 7) is 0. The molecule has 1 N–H and O–H groups in total. The molecular formula is C21H13N3OS. The van der Waals surface area contributed by atoms with Crippen molar-refractivity contribution in [3.8, 4) is 22.6 Å². The van der Waals surface area contributed by atoms with E-state index in [0.717, 1.165) is 33.0 Å². The highest BCUT2D eigenvalue weighted by Crippen LogP contribution is 2.30. The van der Waals surface area contributed by atoms with Gasteiger partial charge in [0.25, 0.3) is 0 Å². The van der Waals surface area contributed by atoms with Crippen molar-refractivity contribution >= 4 is 35.1 Å². The molecule has 0 aliphatic carbocycles. The van der Waals surface area contributed by atoms with E-state index in [1.807, 2.05) is 60.7 Å². The number of hydrogen-bond donors (Lipinski definition) is 1. The van der Waals surface area contributed by atoms with Gasteiger partial charge in [-0.2, -0.15) is 10.5 Å². The van der Waals surface area contributed by atoms with Gasteiger partial charge in [-0.1, -0.05) is 12.1 Å². The van der Waals surface area contributed by atoms with E-state index in [0.29, 0.717) is 5.56 Å². The van der Waals surface area contributed by atoms with Gasteiger partial charge < -0.3 is 5.32 Å². The van der Waals surface area contributed by atoms with Crippen LogP contribution in [0.4, 0.5) is 11.4 Å². The fourth-order valence-corrected chi connectivity index (χ4v) is 3.30. The number of nitrogens with zero attached hydrogens (tertiary/aromatic N) is 2. The molecule has 0 bridgehead atoms. The van der Waals surface area contributed by atoms with Crippen molar-refractivity contribution in [2.24, 2.45) is 0 Å². The highest BCUT2D eigenvalue weighted by atomic mass is 32.1. The van der Waals surface area contributed by atoms with Gasteiger partial charge in [0.2, 0.25) is 0 Å². The molecule has 2 aromatic carbocycles. The number of aldehydes is 1. The number of carbonyl (C=O) groups excluding carboxylic acids is 1. The summed E-state index contributed by atoms with van der Waals surface area (Å²) < 4.78 is 0. The summed E-state index contributed by atoms with van der Waals surface area (Å²) in [5, 5.41) is 20.9. The number of benzene rings is 2. The Morgan fingerprint density at radius 2 is 1.50 bits per heavy atom. The van der Waals surface area contributed by atoms with Crippen molar-refractivity contribution < 1.29 is 4.79 Å². The van der Waals surface area contributed by atoms with Crippen LogP contribution >= 0.6 is 11.3 Å². The molecule has 0 fully saturated rings. The van der Waals surface area contributed by atoms with Crippen LogP contribution in [-0.4, -0.2) is 6.29 Å². The first-order valence-electron chi connectivity index (χ1n) is 7.76. The third-order valence-corrected chi connectivity index (χ3v) is 4.74. The number of carbonyl (C=O) groups is 1. The number of rotatable bonds is 5. The second kappa shape index (κ2) is 7.94. The number of nitrogens with one attached hydrogen (secondary N) is 1. The minimum absolute atomic E-state index is 0.0959. The molecule has 0 spiro atoms. The van der Waals surface area contributed by atoms with Gasteiger partial charge in [-0.15, -0.1) is 11.3 Å². The lowest BCUT2D eigenvalue weighted by Crippen LogP contribution is -1.90. The maximum Gasteiger partial charge on any atom is 0.150 e. The molecule has 0 aliphatic rings. The van der Waals surface area contributed by atoms with Crippen LogP contribution in [0.1, 0.15) is 15.2 Å². The fourth-order valence-electron chi connectivity index (χ4n) is 2.35. The highest BCUT2D eigenvalue weighted by molar-refractivity contribution is 7.16. The second-order valence-corrected chi connectivity index (χ2v) is 6.54. The van der Waals surface area contributed by atoms with E-state index < -0.39 is 0 Å². The minimum Gasteiger partial charge on any atom is -0.356 e. The van der Waals surface area contributed by atoms with Crippen LogP contribution in [0.5, 0.6) is 0 Å². The predicted molar refractivity (Wildman–Crippen MR) is 104 cm³/mol. The first-order chi connectivity index (χ1) is 12.7. The van der Waals surface area contributed by atoms with Gasteiger partial charge in [0.05, 0.1) is 0 Å². The maximum atomic E-state index is 10.7. The van der Waals surface area contributed by atoms with Gasteiger partial charge in [-0.25, -0.2) is 0 Å². The second-order valence-electron chi connectivity index (χ2n) is 5.43. The standard InChI is InChI=1S/C21H13N3OS/c22-12-16(13-23)11-20-9-10-21(26-20)17-3-7-19(8-4-17)24-18-5-1-15(14-25)2-6-18/h1-11,14,24H. The Bertz CT molecular complexity index is 1020. The molecule has 0 aliphatic heterocycles. The Morgan fingerprint density at radius 1 is 0.885 bits per heavy atom. The lowest BCUT2D eigenvalue weighted by atomic mass is 10.1. The van der Waals surface area contributed by atoms with E-state index >= 15 is 0 Å². The number of anilines is 2. The molecule has 1 heterocycles. The van der Waals surface area contributed by atoms with E-state index in [1.165, 1.54) is 11.3 Å². The van der Waals surface area contributed by atoms with E-state index in [1.54, 1.807) is 18.2 Å². The molecule has 0 atom stereocenters. The Hall–Kier alpha value is -3.67. The van der Waals surface area contributed by atoms with Gasteiger partial charge >= 0.3 is 0 Å². The van der Waals surface area contributed by atoms with Crippen LogP contribution < -0.4 is 5.32 Å². The summed E-state index contributed by atoms with van der Waals surface area (Å²) in [4.78, 5) is 12.6. The van der Waals surface area contributed by atoms with Crippen LogP contribution in [0.25, 0.3) is 16.5 Å². The zero-order chi connectivity index (χ0) is 18.4. The van der Waals surface area contributed by atoms with Crippen LogP contribution in [0, 0.1) is 22.7 Å². The molecule has 124 valence electrons. The SMILES string of the molecule is N#CC(C#N)=Cc1ccc(-c2ccc(Nc3ccc(C=O)cc3)cc2)s1. The predicted octanol–water partition coefficient (Wildman–Crippen LogP) is 5.40. The van der Waals surface area contributed by atoms with Crippen LogP contribution in [-0.2, 0) is 0 Å². The lowest BCUT2D eigenvalue weighted by molar-refractivity contribution is 0.112. The molecule has 3 aromatic rings. The molecule has 5 heteroatoms. The minimum atomic E-state index is 0.0959. The van der Waals surface area contributed by atoms with Gasteiger partial charge in [0.1, 0.15) is 24.0 Å². The number of allylic oxidation sites excluding steroid dienone is 1. The smallest absolute Gasteiger partial charge is 0.150 e. The van der Waals surface area contributed by atoms with Crippen LogP contribution in [0.15, 0.2) is 66.2 Å². The quantitative estimate of drug-likeness (QED) is 0.491. The Balaban J connectivity index is 1.74. The molecule has 0 unspecified atom stereocenters. The molecule has 0 saturated carbocycles. The van der Waals surface area contributed by atoms with Gasteiger partial charge in [-0.05, 0) is 60.2 Å². The topological polar surface area (TPSA) is 76.7 Å². The van der Waals surface area contributed by atoms with Gasteiger partial charge in [0.15, 0.2) is 0 Å². The zero-order valence-corrected chi connectivity index (χ0v) is 14.5. The summed E-state index contributed by atoms with van der Waals surface area (Å²) in [7, 11) is 0. The molecule has 0 saturated heterocycles. The van der Waals surface area contributed by atoms with E-state index in [-0.39, 0.29) is 5.57 Å². The third-order valence-electron chi connectivity index (χ3n) is 3.66. The number of hydrogen-bond acceptors (Lipinski definition) is 5. The summed E-state index contributed by atoms with van der Waals surface area (Å²) in [6, 6.07) is 22.8. The average molecular weight is 355 g/mol. The van der Waals surface area contributed by atoms with Gasteiger partial charge in [0, 0.05) is 26.7 Å². The van der Waals surface area contributed by atoms with Crippen molar-refractivity contribution in [3.63, 3.8) is 0 Å². The average Bonchev–Trinajstić information content (AvgIpc) is 3.16. The van der Waals surface area contributed by atoms with Crippen LogP contribution in [0.3, 0.4) is 0 Å².